The predicted octanol–water partition coefficient (Wildman–Crippen LogP) is 3.54. The smallest absolute Gasteiger partial charge is 0.251 e. The van der Waals surface area contributed by atoms with Crippen molar-refractivity contribution in [1.29, 1.82) is 0 Å². The van der Waals surface area contributed by atoms with Crippen LogP contribution in [0.15, 0.2) is 48.5 Å². The van der Waals surface area contributed by atoms with Crippen molar-refractivity contribution >= 4 is 23.2 Å². The summed E-state index contributed by atoms with van der Waals surface area (Å²) >= 11 is 5.87. The lowest BCUT2D eigenvalue weighted by Gasteiger charge is -2.18. The van der Waals surface area contributed by atoms with E-state index in [0.29, 0.717) is 18.2 Å². The molecule has 0 saturated carbocycles. The van der Waals surface area contributed by atoms with Crippen molar-refractivity contribution < 1.29 is 9.53 Å². The summed E-state index contributed by atoms with van der Waals surface area (Å²) in [5.74, 6) is -0.0447. The highest BCUT2D eigenvalue weighted by Crippen LogP contribution is 2.22. The van der Waals surface area contributed by atoms with Crippen molar-refractivity contribution in [3.63, 3.8) is 0 Å². The van der Waals surface area contributed by atoms with Crippen LogP contribution in [0, 0.1) is 0 Å². The summed E-state index contributed by atoms with van der Waals surface area (Å²) in [4.78, 5) is 14.5. The van der Waals surface area contributed by atoms with Crippen molar-refractivity contribution in [1.82, 2.24) is 5.32 Å². The number of nitrogens with one attached hydrogen (secondary N) is 1. The van der Waals surface area contributed by atoms with E-state index >= 15 is 0 Å². The molecule has 5 heteroatoms. The summed E-state index contributed by atoms with van der Waals surface area (Å²) in [6, 6.07) is 15.5. The highest BCUT2D eigenvalue weighted by Gasteiger charge is 2.22. The topological polar surface area (TPSA) is 41.6 Å². The third-order valence-corrected chi connectivity index (χ3v) is 4.84. The van der Waals surface area contributed by atoms with Gasteiger partial charge in [0.1, 0.15) is 0 Å². The van der Waals surface area contributed by atoms with Gasteiger partial charge in [0.25, 0.3) is 5.91 Å². The Labute approximate surface area is 153 Å². The van der Waals surface area contributed by atoms with Crippen LogP contribution in [0.1, 0.15) is 22.3 Å². The number of methoxy groups -OCH3 is 1. The van der Waals surface area contributed by atoms with Gasteiger partial charge in [0.15, 0.2) is 0 Å². The van der Waals surface area contributed by atoms with Crippen molar-refractivity contribution in [3.8, 4) is 0 Å². The number of ether oxygens (including phenoxy) is 1. The van der Waals surface area contributed by atoms with E-state index in [1.165, 1.54) is 0 Å². The third-order valence-electron chi connectivity index (χ3n) is 4.59. The number of carbonyl (C=O) groups excluding carboxylic acids is 1. The van der Waals surface area contributed by atoms with E-state index in [1.807, 2.05) is 48.5 Å². The number of nitrogens with zero attached hydrogens (tertiary/aromatic N) is 1. The van der Waals surface area contributed by atoms with Gasteiger partial charge in [-0.3, -0.25) is 4.79 Å². The minimum atomic E-state index is -0.0447. The van der Waals surface area contributed by atoms with Crippen LogP contribution in [0.3, 0.4) is 0 Å². The van der Waals surface area contributed by atoms with Crippen LogP contribution in [0.4, 0.5) is 5.69 Å². The summed E-state index contributed by atoms with van der Waals surface area (Å²) < 4.78 is 5.40. The monoisotopic (exact) mass is 358 g/mol. The van der Waals surface area contributed by atoms with Crippen LogP contribution in [0.25, 0.3) is 0 Å². The lowest BCUT2D eigenvalue weighted by atomic mass is 10.1. The lowest BCUT2D eigenvalue weighted by Crippen LogP contribution is -2.26. The molecule has 0 aliphatic carbocycles. The lowest BCUT2D eigenvalue weighted by molar-refractivity contribution is 0.0954. The fourth-order valence-corrected chi connectivity index (χ4v) is 3.18. The van der Waals surface area contributed by atoms with Gasteiger partial charge in [0, 0.05) is 43.0 Å². The van der Waals surface area contributed by atoms with Crippen molar-refractivity contribution in [2.24, 2.45) is 0 Å². The Morgan fingerprint density at radius 3 is 2.56 bits per heavy atom. The summed E-state index contributed by atoms with van der Waals surface area (Å²) in [6.45, 7) is 2.50. The molecule has 25 heavy (non-hydrogen) atoms. The molecule has 1 saturated heterocycles. The fraction of sp³-hybridized carbons (Fsp3) is 0.350. The summed E-state index contributed by atoms with van der Waals surface area (Å²) in [5, 5.41) is 3.69. The van der Waals surface area contributed by atoms with Gasteiger partial charge >= 0.3 is 0 Å². The third kappa shape index (κ3) is 4.74. The predicted molar refractivity (Wildman–Crippen MR) is 102 cm³/mol. The Morgan fingerprint density at radius 1 is 1.20 bits per heavy atom. The molecule has 1 heterocycles. The number of halogens is 1. The molecular formula is C20H23ClN2O2. The second-order valence-corrected chi connectivity index (χ2v) is 6.71. The number of anilines is 1. The SMILES string of the molecule is COC1CCN(c2ccc(C(=O)NCCc3ccc(Cl)cc3)cc2)C1. The van der Waals surface area contributed by atoms with Gasteiger partial charge in [-0.2, -0.15) is 0 Å². The zero-order chi connectivity index (χ0) is 17.6. The van der Waals surface area contributed by atoms with Gasteiger partial charge in [-0.25, -0.2) is 0 Å². The maximum Gasteiger partial charge on any atom is 0.251 e. The van der Waals surface area contributed by atoms with E-state index in [-0.39, 0.29) is 5.91 Å². The minimum absolute atomic E-state index is 0.0447. The van der Waals surface area contributed by atoms with Crippen molar-refractivity contribution in [3.05, 3.63) is 64.7 Å². The first-order chi connectivity index (χ1) is 12.2. The first-order valence-electron chi connectivity index (χ1n) is 8.56. The Bertz CT molecular complexity index is 701. The Morgan fingerprint density at radius 2 is 1.92 bits per heavy atom. The minimum Gasteiger partial charge on any atom is -0.380 e. The molecule has 1 amide bonds. The molecule has 1 aliphatic heterocycles. The van der Waals surface area contributed by atoms with E-state index in [2.05, 4.69) is 10.2 Å². The van der Waals surface area contributed by atoms with E-state index in [1.54, 1.807) is 7.11 Å². The van der Waals surface area contributed by atoms with E-state index < -0.39 is 0 Å². The quantitative estimate of drug-likeness (QED) is 0.858. The summed E-state index contributed by atoms with van der Waals surface area (Å²) in [5.41, 5.74) is 2.97. The molecule has 3 rings (SSSR count). The molecule has 132 valence electrons. The first-order valence-corrected chi connectivity index (χ1v) is 8.94. The zero-order valence-electron chi connectivity index (χ0n) is 14.4. The molecule has 2 aromatic carbocycles. The average Bonchev–Trinajstić information content (AvgIpc) is 3.13. The van der Waals surface area contributed by atoms with Crippen LogP contribution in [-0.4, -0.2) is 38.8 Å². The van der Waals surface area contributed by atoms with Crippen molar-refractivity contribution in [2.75, 3.05) is 31.6 Å². The molecular weight excluding hydrogens is 336 g/mol. The van der Waals surface area contributed by atoms with E-state index in [0.717, 1.165) is 42.2 Å². The molecule has 1 unspecified atom stereocenters. The standard InChI is InChI=1S/C20H23ClN2O2/c1-25-19-11-13-23(14-19)18-8-4-16(5-9-18)20(24)22-12-10-15-2-6-17(21)7-3-15/h2-9,19H,10-14H2,1H3,(H,22,24). The molecule has 0 aromatic heterocycles. The highest BCUT2D eigenvalue weighted by molar-refractivity contribution is 6.30. The van der Waals surface area contributed by atoms with Crippen molar-refractivity contribution in [2.45, 2.75) is 18.9 Å². The second kappa shape index (κ2) is 8.37. The largest absolute Gasteiger partial charge is 0.380 e. The number of amides is 1. The average molecular weight is 359 g/mol. The molecule has 1 fully saturated rings. The molecule has 0 bridgehead atoms. The second-order valence-electron chi connectivity index (χ2n) is 6.27. The number of benzene rings is 2. The van der Waals surface area contributed by atoms with Gasteiger partial charge in [0.05, 0.1) is 6.10 Å². The number of hydrogen-bond acceptors (Lipinski definition) is 3. The Kier molecular flexibility index (Phi) is 5.95. The molecule has 2 aromatic rings. The normalized spacial score (nSPS) is 16.9. The molecule has 1 atom stereocenters. The van der Waals surface area contributed by atoms with Gasteiger partial charge in [-0.05, 0) is 54.8 Å². The molecule has 1 N–H and O–H groups in total. The Balaban J connectivity index is 1.50. The van der Waals surface area contributed by atoms with E-state index in [4.69, 9.17) is 16.3 Å². The summed E-state index contributed by atoms with van der Waals surface area (Å²) in [7, 11) is 1.76. The first kappa shape index (κ1) is 17.8. The van der Waals surface area contributed by atoms with Crippen LogP contribution in [0.5, 0.6) is 0 Å². The van der Waals surface area contributed by atoms with Crippen LogP contribution in [-0.2, 0) is 11.2 Å². The van der Waals surface area contributed by atoms with E-state index in [9.17, 15) is 4.79 Å². The van der Waals surface area contributed by atoms with Crippen LogP contribution in [0.2, 0.25) is 5.02 Å². The number of rotatable bonds is 6. The Hall–Kier alpha value is -2.04. The van der Waals surface area contributed by atoms with Gasteiger partial charge in [-0.1, -0.05) is 23.7 Å². The summed E-state index contributed by atoms with van der Waals surface area (Å²) in [6.07, 6.45) is 2.13. The molecule has 0 radical (unpaired) electrons. The molecule has 0 spiro atoms. The van der Waals surface area contributed by atoms with Gasteiger partial charge in [-0.15, -0.1) is 0 Å². The highest BCUT2D eigenvalue weighted by atomic mass is 35.5. The van der Waals surface area contributed by atoms with Gasteiger partial charge in [0.2, 0.25) is 0 Å². The maximum absolute atomic E-state index is 12.3. The fourth-order valence-electron chi connectivity index (χ4n) is 3.05. The zero-order valence-corrected chi connectivity index (χ0v) is 15.1. The number of hydrogen-bond donors (Lipinski definition) is 1. The van der Waals surface area contributed by atoms with Crippen LogP contribution >= 0.6 is 11.6 Å². The van der Waals surface area contributed by atoms with Crippen LogP contribution < -0.4 is 10.2 Å². The molecule has 1 aliphatic rings. The number of carbonyl (C=O) groups is 1. The maximum atomic E-state index is 12.3. The molecule has 4 nitrogen and oxygen atoms in total. The van der Waals surface area contributed by atoms with Gasteiger partial charge < -0.3 is 15.0 Å².